The zero-order valence-corrected chi connectivity index (χ0v) is 19.3. The first-order valence-corrected chi connectivity index (χ1v) is 11.5. The van der Waals surface area contributed by atoms with E-state index in [2.05, 4.69) is 4.99 Å². The minimum absolute atomic E-state index is 0.0307. The van der Waals surface area contributed by atoms with Gasteiger partial charge in [-0.05, 0) is 52.8 Å². The number of amides is 2. The van der Waals surface area contributed by atoms with E-state index in [1.165, 1.54) is 0 Å². The first kappa shape index (κ1) is 23.8. The van der Waals surface area contributed by atoms with Crippen LogP contribution in [0.3, 0.4) is 0 Å². The number of phenols is 1. The van der Waals surface area contributed by atoms with E-state index in [-0.39, 0.29) is 24.2 Å². The monoisotopic (exact) mass is 471 g/mol. The SMILES string of the molecule is NC(=O)[C@H](CCCN=C(N)N)N(Cc1ccc(O)cc1)C(=O)C1c2ccccc2-c2ccccc21. The van der Waals surface area contributed by atoms with Crippen LogP contribution in [0.2, 0.25) is 0 Å². The average Bonchev–Trinajstić information content (AvgIpc) is 3.18. The van der Waals surface area contributed by atoms with Crippen LogP contribution in [0.1, 0.15) is 35.4 Å². The lowest BCUT2D eigenvalue weighted by Gasteiger charge is -2.32. The van der Waals surface area contributed by atoms with Crippen LogP contribution >= 0.6 is 0 Å². The molecule has 0 aliphatic heterocycles. The van der Waals surface area contributed by atoms with Gasteiger partial charge in [-0.25, -0.2) is 0 Å². The van der Waals surface area contributed by atoms with E-state index < -0.39 is 17.9 Å². The van der Waals surface area contributed by atoms with E-state index >= 15 is 0 Å². The van der Waals surface area contributed by atoms with Gasteiger partial charge in [-0.3, -0.25) is 14.6 Å². The van der Waals surface area contributed by atoms with Crippen LogP contribution in [0.4, 0.5) is 0 Å². The molecule has 2 amide bonds. The van der Waals surface area contributed by atoms with Crippen molar-refractivity contribution in [1.82, 2.24) is 4.90 Å². The Morgan fingerprint density at radius 3 is 2.00 bits per heavy atom. The van der Waals surface area contributed by atoms with Crippen molar-refractivity contribution in [2.24, 2.45) is 22.2 Å². The molecule has 0 spiro atoms. The Kier molecular flexibility index (Phi) is 7.01. The van der Waals surface area contributed by atoms with Crippen molar-refractivity contribution >= 4 is 17.8 Å². The molecule has 0 saturated carbocycles. The number of primary amides is 1. The molecule has 0 heterocycles. The number of carbonyl (C=O) groups is 2. The lowest BCUT2D eigenvalue weighted by molar-refractivity contribution is -0.140. The summed E-state index contributed by atoms with van der Waals surface area (Å²) in [5.74, 6) is -1.27. The molecule has 0 radical (unpaired) electrons. The summed E-state index contributed by atoms with van der Waals surface area (Å²) in [5.41, 5.74) is 21.2. The molecule has 0 aromatic heterocycles. The third-order valence-corrected chi connectivity index (χ3v) is 6.29. The molecule has 180 valence electrons. The van der Waals surface area contributed by atoms with Gasteiger partial charge < -0.3 is 27.2 Å². The number of guanidine groups is 1. The quantitative estimate of drug-likeness (QED) is 0.215. The Labute approximate surface area is 204 Å². The second kappa shape index (κ2) is 10.3. The number of benzene rings is 3. The fourth-order valence-corrected chi connectivity index (χ4v) is 4.67. The molecule has 1 aliphatic carbocycles. The summed E-state index contributed by atoms with van der Waals surface area (Å²) < 4.78 is 0. The van der Waals surface area contributed by atoms with Crippen molar-refractivity contribution in [2.75, 3.05) is 6.54 Å². The Bertz CT molecular complexity index is 1210. The van der Waals surface area contributed by atoms with Gasteiger partial charge >= 0.3 is 0 Å². The summed E-state index contributed by atoms with van der Waals surface area (Å²) in [7, 11) is 0. The van der Waals surface area contributed by atoms with Crippen molar-refractivity contribution in [3.8, 4) is 16.9 Å². The predicted octanol–water partition coefficient (Wildman–Crippen LogP) is 2.44. The number of hydrogen-bond donors (Lipinski definition) is 4. The zero-order chi connectivity index (χ0) is 24.9. The lowest BCUT2D eigenvalue weighted by Crippen LogP contribution is -2.49. The number of hydrogen-bond acceptors (Lipinski definition) is 4. The highest BCUT2D eigenvalue weighted by atomic mass is 16.3. The number of nitrogens with two attached hydrogens (primary N) is 3. The number of fused-ring (bicyclic) bond motifs is 3. The van der Waals surface area contributed by atoms with E-state index in [0.29, 0.717) is 19.4 Å². The molecule has 0 unspecified atom stereocenters. The number of aromatic hydroxyl groups is 1. The number of rotatable bonds is 9. The van der Waals surface area contributed by atoms with Crippen LogP contribution < -0.4 is 17.2 Å². The van der Waals surface area contributed by atoms with E-state index in [9.17, 15) is 14.7 Å². The van der Waals surface area contributed by atoms with E-state index in [1.54, 1.807) is 29.2 Å². The first-order valence-electron chi connectivity index (χ1n) is 11.5. The van der Waals surface area contributed by atoms with Crippen LogP contribution in [0.25, 0.3) is 11.1 Å². The third kappa shape index (κ3) is 5.11. The minimum Gasteiger partial charge on any atom is -0.508 e. The molecular weight excluding hydrogens is 442 g/mol. The standard InChI is InChI=1S/C27H29N5O3/c28-25(34)23(10-5-15-31-27(29)30)32(16-17-11-13-18(33)14-12-17)26(35)24-21-8-3-1-6-19(21)20-7-2-4-9-22(20)24/h1-4,6-9,11-14,23-24,33H,5,10,15-16H2,(H2,28,34)(H4,29,30,31)/t23-/m0/s1. The van der Waals surface area contributed by atoms with Gasteiger partial charge in [-0.2, -0.15) is 0 Å². The van der Waals surface area contributed by atoms with Crippen LogP contribution in [0.15, 0.2) is 77.8 Å². The molecule has 3 aromatic rings. The van der Waals surface area contributed by atoms with E-state index in [0.717, 1.165) is 27.8 Å². The summed E-state index contributed by atoms with van der Waals surface area (Å²) >= 11 is 0. The summed E-state index contributed by atoms with van der Waals surface area (Å²) in [6, 6.07) is 21.3. The predicted molar refractivity (Wildman–Crippen MR) is 135 cm³/mol. The molecule has 8 nitrogen and oxygen atoms in total. The molecular formula is C27H29N5O3. The molecule has 1 aliphatic rings. The van der Waals surface area contributed by atoms with Crippen LogP contribution in [0.5, 0.6) is 5.75 Å². The van der Waals surface area contributed by atoms with Crippen LogP contribution in [0, 0.1) is 0 Å². The average molecular weight is 472 g/mol. The van der Waals surface area contributed by atoms with Gasteiger partial charge in [-0.15, -0.1) is 0 Å². The van der Waals surface area contributed by atoms with Crippen molar-refractivity contribution in [2.45, 2.75) is 31.3 Å². The minimum atomic E-state index is -0.856. The van der Waals surface area contributed by atoms with Gasteiger partial charge in [0.1, 0.15) is 11.8 Å². The molecule has 8 heteroatoms. The number of carbonyl (C=O) groups excluding carboxylic acids is 2. The van der Waals surface area contributed by atoms with Crippen molar-refractivity contribution in [3.63, 3.8) is 0 Å². The number of phenolic OH excluding ortho intramolecular Hbond substituents is 1. The molecule has 0 bridgehead atoms. The second-order valence-corrected chi connectivity index (χ2v) is 8.61. The molecule has 35 heavy (non-hydrogen) atoms. The smallest absolute Gasteiger partial charge is 0.240 e. The normalized spacial score (nSPS) is 12.9. The first-order chi connectivity index (χ1) is 16.9. The maximum absolute atomic E-state index is 14.2. The van der Waals surface area contributed by atoms with Gasteiger partial charge in [0, 0.05) is 13.1 Å². The van der Waals surface area contributed by atoms with Gasteiger partial charge in [0.15, 0.2) is 5.96 Å². The second-order valence-electron chi connectivity index (χ2n) is 8.61. The molecule has 4 rings (SSSR count). The highest BCUT2D eigenvalue weighted by Crippen LogP contribution is 2.45. The summed E-state index contributed by atoms with van der Waals surface area (Å²) in [6.45, 7) is 0.484. The van der Waals surface area contributed by atoms with E-state index in [4.69, 9.17) is 17.2 Å². The summed E-state index contributed by atoms with van der Waals surface area (Å²) in [4.78, 5) is 32.4. The molecule has 1 atom stereocenters. The topological polar surface area (TPSA) is 148 Å². The maximum Gasteiger partial charge on any atom is 0.240 e. The Hall–Kier alpha value is -4.33. The van der Waals surface area contributed by atoms with Crippen LogP contribution in [-0.2, 0) is 16.1 Å². The van der Waals surface area contributed by atoms with E-state index in [1.807, 2.05) is 48.5 Å². The molecule has 3 aromatic carbocycles. The van der Waals surface area contributed by atoms with Gasteiger partial charge in [-0.1, -0.05) is 60.7 Å². The fourth-order valence-electron chi connectivity index (χ4n) is 4.67. The Morgan fingerprint density at radius 2 is 1.46 bits per heavy atom. The molecule has 0 saturated heterocycles. The molecule has 7 N–H and O–H groups in total. The third-order valence-electron chi connectivity index (χ3n) is 6.29. The van der Waals surface area contributed by atoms with Crippen LogP contribution in [-0.4, -0.2) is 40.4 Å². The van der Waals surface area contributed by atoms with Gasteiger partial charge in [0.05, 0.1) is 5.92 Å². The summed E-state index contributed by atoms with van der Waals surface area (Å²) in [5, 5.41) is 9.69. The van der Waals surface area contributed by atoms with Crippen molar-refractivity contribution in [1.29, 1.82) is 0 Å². The largest absolute Gasteiger partial charge is 0.508 e. The van der Waals surface area contributed by atoms with Gasteiger partial charge in [0.25, 0.3) is 0 Å². The number of nitrogens with zero attached hydrogens (tertiary/aromatic N) is 2. The lowest BCUT2D eigenvalue weighted by atomic mass is 9.93. The Balaban J connectivity index is 1.72. The van der Waals surface area contributed by atoms with Crippen molar-refractivity contribution in [3.05, 3.63) is 89.5 Å². The highest BCUT2D eigenvalue weighted by Gasteiger charge is 2.39. The number of aliphatic imine (C=N–C) groups is 1. The Morgan fingerprint density at radius 1 is 0.886 bits per heavy atom. The van der Waals surface area contributed by atoms with Crippen molar-refractivity contribution < 1.29 is 14.7 Å². The maximum atomic E-state index is 14.2. The van der Waals surface area contributed by atoms with Gasteiger partial charge in [0.2, 0.25) is 11.8 Å². The zero-order valence-electron chi connectivity index (χ0n) is 19.3. The summed E-state index contributed by atoms with van der Waals surface area (Å²) in [6.07, 6.45) is 0.786. The molecule has 0 fully saturated rings. The highest BCUT2D eigenvalue weighted by molar-refractivity contribution is 5.98. The fraction of sp³-hybridized carbons (Fsp3) is 0.222.